The largest absolute Gasteiger partial charge is 0.436 e. The van der Waals surface area contributed by atoms with E-state index in [1.165, 1.54) is 0 Å². The van der Waals surface area contributed by atoms with Crippen LogP contribution in [0.25, 0.3) is 10.9 Å². The van der Waals surface area contributed by atoms with Gasteiger partial charge in [-0.3, -0.25) is 0 Å². The zero-order chi connectivity index (χ0) is 14.8. The molecule has 1 aromatic heterocycles. The third-order valence-corrected chi connectivity index (χ3v) is 3.11. The average molecular weight is 286 g/mol. The molecule has 3 aromatic rings. The smallest absolute Gasteiger partial charge is 0.220 e. The number of nitrogens with zero attached hydrogens (tertiary/aromatic N) is 1. The highest BCUT2D eigenvalue weighted by Gasteiger charge is 2.10. The van der Waals surface area contributed by atoms with E-state index in [1.54, 1.807) is 6.07 Å². The molecule has 0 bridgehead atoms. The average Bonchev–Trinajstić information content (AvgIpc) is 2.50. The molecular formula is C16H12F2N2O. The molecule has 0 aliphatic heterocycles. The summed E-state index contributed by atoms with van der Waals surface area (Å²) in [6.07, 6.45) is 0. The van der Waals surface area contributed by atoms with Crippen molar-refractivity contribution in [1.29, 1.82) is 0 Å². The summed E-state index contributed by atoms with van der Waals surface area (Å²) in [5.41, 5.74) is 7.23. The van der Waals surface area contributed by atoms with Crippen LogP contribution >= 0.6 is 0 Å². The summed E-state index contributed by atoms with van der Waals surface area (Å²) >= 11 is 0. The lowest BCUT2D eigenvalue weighted by atomic mass is 10.1. The fourth-order valence-corrected chi connectivity index (χ4v) is 2.11. The third-order valence-electron chi connectivity index (χ3n) is 3.11. The van der Waals surface area contributed by atoms with Gasteiger partial charge in [0.25, 0.3) is 0 Å². The fourth-order valence-electron chi connectivity index (χ4n) is 2.11. The monoisotopic (exact) mass is 286 g/mol. The second-order valence-electron chi connectivity index (χ2n) is 4.52. The van der Waals surface area contributed by atoms with E-state index in [4.69, 9.17) is 10.5 Å². The molecule has 5 heteroatoms. The number of aromatic nitrogens is 1. The van der Waals surface area contributed by atoms with Crippen LogP contribution in [-0.2, 0) is 6.54 Å². The van der Waals surface area contributed by atoms with Gasteiger partial charge in [0.2, 0.25) is 5.88 Å². The summed E-state index contributed by atoms with van der Waals surface area (Å²) in [6, 6.07) is 12.1. The van der Waals surface area contributed by atoms with Crippen molar-refractivity contribution in [2.45, 2.75) is 6.54 Å². The van der Waals surface area contributed by atoms with Crippen LogP contribution in [-0.4, -0.2) is 4.98 Å². The van der Waals surface area contributed by atoms with Crippen molar-refractivity contribution in [3.63, 3.8) is 0 Å². The summed E-state index contributed by atoms with van der Waals surface area (Å²) in [5.74, 6) is -1.26. The van der Waals surface area contributed by atoms with Crippen LogP contribution in [0.2, 0.25) is 0 Å². The van der Waals surface area contributed by atoms with Gasteiger partial charge in [0, 0.05) is 24.1 Å². The Morgan fingerprint density at radius 2 is 1.86 bits per heavy atom. The van der Waals surface area contributed by atoms with Crippen LogP contribution in [0, 0.1) is 11.6 Å². The molecule has 0 spiro atoms. The predicted octanol–water partition coefficient (Wildman–Crippen LogP) is 3.76. The zero-order valence-electron chi connectivity index (χ0n) is 11.0. The summed E-state index contributed by atoms with van der Waals surface area (Å²) < 4.78 is 32.1. The second-order valence-corrected chi connectivity index (χ2v) is 4.52. The molecule has 0 fully saturated rings. The van der Waals surface area contributed by atoms with Crippen LogP contribution < -0.4 is 10.5 Å². The van der Waals surface area contributed by atoms with Crippen molar-refractivity contribution in [2.24, 2.45) is 5.73 Å². The molecule has 0 amide bonds. The lowest BCUT2D eigenvalue weighted by Gasteiger charge is -2.10. The van der Waals surface area contributed by atoms with Gasteiger partial charge >= 0.3 is 0 Å². The highest BCUT2D eigenvalue weighted by atomic mass is 19.1. The SMILES string of the molecule is NCc1cc(Oc2cc(F)ccc2F)nc2ccccc12. The molecule has 2 N–H and O–H groups in total. The van der Waals surface area contributed by atoms with E-state index < -0.39 is 11.6 Å². The van der Waals surface area contributed by atoms with E-state index in [1.807, 2.05) is 24.3 Å². The minimum atomic E-state index is -0.652. The van der Waals surface area contributed by atoms with Gasteiger partial charge in [0.15, 0.2) is 11.6 Å². The maximum Gasteiger partial charge on any atom is 0.220 e. The van der Waals surface area contributed by atoms with Crippen molar-refractivity contribution >= 4 is 10.9 Å². The molecule has 0 atom stereocenters. The number of benzene rings is 2. The highest BCUT2D eigenvalue weighted by Crippen LogP contribution is 2.27. The first-order chi connectivity index (χ1) is 10.2. The maximum absolute atomic E-state index is 13.6. The van der Waals surface area contributed by atoms with Gasteiger partial charge in [-0.25, -0.2) is 13.8 Å². The molecule has 3 nitrogen and oxygen atoms in total. The van der Waals surface area contributed by atoms with E-state index >= 15 is 0 Å². The summed E-state index contributed by atoms with van der Waals surface area (Å²) in [5, 5.41) is 0.909. The molecule has 0 aliphatic rings. The van der Waals surface area contributed by atoms with Crippen molar-refractivity contribution < 1.29 is 13.5 Å². The van der Waals surface area contributed by atoms with Crippen molar-refractivity contribution in [3.05, 3.63) is 65.7 Å². The third kappa shape index (κ3) is 2.68. The van der Waals surface area contributed by atoms with E-state index in [-0.39, 0.29) is 11.6 Å². The fraction of sp³-hybridized carbons (Fsp3) is 0.0625. The molecule has 21 heavy (non-hydrogen) atoms. The lowest BCUT2D eigenvalue weighted by Crippen LogP contribution is -2.00. The minimum absolute atomic E-state index is 0.179. The first-order valence-electron chi connectivity index (χ1n) is 6.39. The Morgan fingerprint density at radius 1 is 1.05 bits per heavy atom. The molecule has 0 saturated carbocycles. The number of para-hydroxylation sites is 1. The van der Waals surface area contributed by atoms with Crippen molar-refractivity contribution in [2.75, 3.05) is 0 Å². The van der Waals surface area contributed by atoms with Gasteiger partial charge in [-0.15, -0.1) is 0 Å². The molecule has 0 unspecified atom stereocenters. The number of hydrogen-bond donors (Lipinski definition) is 1. The Morgan fingerprint density at radius 3 is 2.67 bits per heavy atom. The summed E-state index contributed by atoms with van der Waals surface area (Å²) in [6.45, 7) is 0.297. The Balaban J connectivity index is 2.06. The first-order valence-corrected chi connectivity index (χ1v) is 6.39. The number of nitrogens with two attached hydrogens (primary N) is 1. The van der Waals surface area contributed by atoms with Gasteiger partial charge in [0.05, 0.1) is 5.52 Å². The number of pyridine rings is 1. The molecule has 0 radical (unpaired) electrons. The number of rotatable bonds is 3. The predicted molar refractivity (Wildman–Crippen MR) is 76.1 cm³/mol. The molecule has 0 saturated heterocycles. The molecule has 3 rings (SSSR count). The Bertz CT molecular complexity index is 805. The summed E-state index contributed by atoms with van der Waals surface area (Å²) in [4.78, 5) is 4.28. The van der Waals surface area contributed by atoms with E-state index in [0.717, 1.165) is 29.1 Å². The van der Waals surface area contributed by atoms with Gasteiger partial charge in [0.1, 0.15) is 5.82 Å². The molecule has 0 aliphatic carbocycles. The first kappa shape index (κ1) is 13.5. The van der Waals surface area contributed by atoms with E-state index in [2.05, 4.69) is 4.98 Å². The topological polar surface area (TPSA) is 48.1 Å². The second kappa shape index (κ2) is 5.46. The van der Waals surface area contributed by atoms with Gasteiger partial charge in [-0.05, 0) is 23.8 Å². The minimum Gasteiger partial charge on any atom is -0.436 e. The van der Waals surface area contributed by atoms with E-state index in [9.17, 15) is 8.78 Å². The van der Waals surface area contributed by atoms with Gasteiger partial charge in [-0.2, -0.15) is 0 Å². The normalized spacial score (nSPS) is 10.8. The number of ether oxygens (including phenoxy) is 1. The molecular weight excluding hydrogens is 274 g/mol. The standard InChI is InChI=1S/C16H12F2N2O/c17-11-5-6-13(18)15(8-11)21-16-7-10(9-19)12-3-1-2-4-14(12)20-16/h1-8H,9,19H2. The Hall–Kier alpha value is -2.53. The van der Waals surface area contributed by atoms with Crippen LogP contribution in [0.5, 0.6) is 11.6 Å². The zero-order valence-corrected chi connectivity index (χ0v) is 11.0. The maximum atomic E-state index is 13.6. The van der Waals surface area contributed by atoms with E-state index in [0.29, 0.717) is 12.1 Å². The molecule has 1 heterocycles. The van der Waals surface area contributed by atoms with Gasteiger partial charge < -0.3 is 10.5 Å². The number of halogens is 2. The van der Waals surface area contributed by atoms with Crippen LogP contribution in [0.3, 0.4) is 0 Å². The van der Waals surface area contributed by atoms with Crippen LogP contribution in [0.1, 0.15) is 5.56 Å². The van der Waals surface area contributed by atoms with Crippen LogP contribution in [0.15, 0.2) is 48.5 Å². The highest BCUT2D eigenvalue weighted by molar-refractivity contribution is 5.82. The van der Waals surface area contributed by atoms with Crippen LogP contribution in [0.4, 0.5) is 8.78 Å². The summed E-state index contributed by atoms with van der Waals surface area (Å²) in [7, 11) is 0. The Labute approximate surface area is 120 Å². The van der Waals surface area contributed by atoms with Crippen molar-refractivity contribution in [3.8, 4) is 11.6 Å². The number of hydrogen-bond acceptors (Lipinski definition) is 3. The van der Waals surface area contributed by atoms with Gasteiger partial charge in [-0.1, -0.05) is 18.2 Å². The van der Waals surface area contributed by atoms with Crippen molar-refractivity contribution in [1.82, 2.24) is 4.98 Å². The quantitative estimate of drug-likeness (QED) is 0.797. The lowest BCUT2D eigenvalue weighted by molar-refractivity contribution is 0.423. The number of fused-ring (bicyclic) bond motifs is 1. The molecule has 2 aromatic carbocycles. The molecule has 106 valence electrons. The Kier molecular flexibility index (Phi) is 3.50.